The fourth-order valence-electron chi connectivity index (χ4n) is 2.69. The van der Waals surface area contributed by atoms with E-state index >= 15 is 0 Å². The molecular weight excluding hydrogens is 238 g/mol. The molecule has 0 heterocycles. The zero-order valence-electron chi connectivity index (χ0n) is 12.0. The van der Waals surface area contributed by atoms with Crippen LogP contribution in [0.5, 0.6) is 0 Å². The first-order valence-corrected chi connectivity index (χ1v) is 6.73. The molecule has 1 aromatic carbocycles. The maximum Gasteiger partial charge on any atom is 0.253 e. The zero-order chi connectivity index (χ0) is 14.0. The highest BCUT2D eigenvalue weighted by Crippen LogP contribution is 2.36. The van der Waals surface area contributed by atoms with E-state index in [0.29, 0.717) is 11.3 Å². The molecule has 19 heavy (non-hydrogen) atoms. The summed E-state index contributed by atoms with van der Waals surface area (Å²) in [5.41, 5.74) is 7.19. The van der Waals surface area contributed by atoms with Gasteiger partial charge in [-0.15, -0.1) is 0 Å². The summed E-state index contributed by atoms with van der Waals surface area (Å²) in [6, 6.07) is 7.12. The number of nitrogens with two attached hydrogens (primary N) is 1. The number of nitrogen functional groups attached to an aromatic ring is 1. The fourth-order valence-corrected chi connectivity index (χ4v) is 2.69. The van der Waals surface area contributed by atoms with Gasteiger partial charge in [-0.2, -0.15) is 0 Å². The predicted octanol–water partition coefficient (Wildman–Crippen LogP) is 1.83. The molecule has 2 rings (SSSR count). The van der Waals surface area contributed by atoms with Crippen LogP contribution in [0.3, 0.4) is 0 Å². The van der Waals surface area contributed by atoms with Crippen molar-refractivity contribution < 1.29 is 4.79 Å². The molecule has 1 aliphatic carbocycles. The fraction of sp³-hybridized carbons (Fsp3) is 0.533. The number of nitrogens with zero attached hydrogens (tertiary/aromatic N) is 2. The van der Waals surface area contributed by atoms with Crippen molar-refractivity contribution in [3.05, 3.63) is 29.8 Å². The maximum atomic E-state index is 12.4. The van der Waals surface area contributed by atoms with E-state index in [4.69, 9.17) is 5.73 Å². The SMILES string of the molecule is CN(CC1(N(C)C)CCC1)C(=O)c1ccc(N)cc1. The molecule has 0 aromatic heterocycles. The van der Waals surface area contributed by atoms with Gasteiger partial charge in [-0.05, 0) is 57.6 Å². The van der Waals surface area contributed by atoms with Gasteiger partial charge in [-0.25, -0.2) is 0 Å². The molecule has 0 bridgehead atoms. The van der Waals surface area contributed by atoms with Crippen LogP contribution in [0.4, 0.5) is 5.69 Å². The lowest BCUT2D eigenvalue weighted by Crippen LogP contribution is -2.57. The summed E-state index contributed by atoms with van der Waals surface area (Å²) in [6.07, 6.45) is 3.58. The van der Waals surface area contributed by atoms with Crippen LogP contribution in [-0.2, 0) is 0 Å². The highest BCUT2D eigenvalue weighted by atomic mass is 16.2. The van der Waals surface area contributed by atoms with Gasteiger partial charge in [0.2, 0.25) is 0 Å². The Labute approximate surface area is 115 Å². The largest absolute Gasteiger partial charge is 0.399 e. The minimum absolute atomic E-state index is 0.0631. The van der Waals surface area contributed by atoms with Crippen LogP contribution in [-0.4, -0.2) is 48.9 Å². The summed E-state index contributed by atoms with van der Waals surface area (Å²) in [5, 5.41) is 0. The summed E-state index contributed by atoms with van der Waals surface area (Å²) in [7, 11) is 6.07. The second kappa shape index (κ2) is 5.21. The van der Waals surface area contributed by atoms with Crippen molar-refractivity contribution in [2.75, 3.05) is 33.4 Å². The van der Waals surface area contributed by atoms with Crippen molar-refractivity contribution in [2.45, 2.75) is 24.8 Å². The van der Waals surface area contributed by atoms with E-state index in [1.165, 1.54) is 19.3 Å². The van der Waals surface area contributed by atoms with E-state index in [0.717, 1.165) is 6.54 Å². The smallest absolute Gasteiger partial charge is 0.253 e. The Bertz CT molecular complexity index is 449. The first kappa shape index (κ1) is 13.9. The predicted molar refractivity (Wildman–Crippen MR) is 78.1 cm³/mol. The van der Waals surface area contributed by atoms with Gasteiger partial charge in [-0.3, -0.25) is 4.79 Å². The van der Waals surface area contributed by atoms with Gasteiger partial charge in [0.05, 0.1) is 0 Å². The van der Waals surface area contributed by atoms with Gasteiger partial charge < -0.3 is 15.5 Å². The Balaban J connectivity index is 2.05. The average molecular weight is 261 g/mol. The highest BCUT2D eigenvalue weighted by Gasteiger charge is 2.40. The molecule has 104 valence electrons. The molecule has 0 atom stereocenters. The molecule has 2 N–H and O–H groups in total. The summed E-state index contributed by atoms with van der Waals surface area (Å²) in [4.78, 5) is 16.4. The summed E-state index contributed by atoms with van der Waals surface area (Å²) in [5.74, 6) is 0.0631. The summed E-state index contributed by atoms with van der Waals surface area (Å²) in [6.45, 7) is 0.781. The topological polar surface area (TPSA) is 49.6 Å². The van der Waals surface area contributed by atoms with E-state index < -0.39 is 0 Å². The lowest BCUT2D eigenvalue weighted by atomic mass is 9.75. The van der Waals surface area contributed by atoms with Gasteiger partial charge in [0.25, 0.3) is 5.91 Å². The molecule has 0 aliphatic heterocycles. The molecule has 0 saturated heterocycles. The molecule has 1 aliphatic rings. The molecule has 0 radical (unpaired) electrons. The normalized spacial score (nSPS) is 17.1. The Morgan fingerprint density at radius 3 is 2.21 bits per heavy atom. The second-order valence-electron chi connectivity index (χ2n) is 5.76. The molecule has 0 unspecified atom stereocenters. The Morgan fingerprint density at radius 2 is 1.79 bits per heavy atom. The minimum Gasteiger partial charge on any atom is -0.399 e. The average Bonchev–Trinajstić information content (AvgIpc) is 2.33. The highest BCUT2D eigenvalue weighted by molar-refractivity contribution is 5.94. The van der Waals surface area contributed by atoms with Gasteiger partial charge >= 0.3 is 0 Å². The Hall–Kier alpha value is -1.55. The first-order valence-electron chi connectivity index (χ1n) is 6.73. The minimum atomic E-state index is 0.0631. The Kier molecular flexibility index (Phi) is 3.80. The van der Waals surface area contributed by atoms with Gasteiger partial charge in [-0.1, -0.05) is 0 Å². The third kappa shape index (κ3) is 2.73. The third-order valence-electron chi connectivity index (χ3n) is 4.27. The first-order chi connectivity index (χ1) is 8.94. The van der Waals surface area contributed by atoms with Crippen LogP contribution in [0.15, 0.2) is 24.3 Å². The quantitative estimate of drug-likeness (QED) is 0.841. The van der Waals surface area contributed by atoms with E-state index in [1.807, 2.05) is 11.9 Å². The number of amides is 1. The van der Waals surface area contributed by atoms with E-state index in [9.17, 15) is 4.79 Å². The van der Waals surface area contributed by atoms with Crippen LogP contribution in [0.2, 0.25) is 0 Å². The van der Waals surface area contributed by atoms with Crippen LogP contribution in [0.25, 0.3) is 0 Å². The van der Waals surface area contributed by atoms with Gasteiger partial charge in [0.15, 0.2) is 0 Å². The van der Waals surface area contributed by atoms with Crippen molar-refractivity contribution in [1.82, 2.24) is 9.80 Å². The van der Waals surface area contributed by atoms with Crippen LogP contribution >= 0.6 is 0 Å². The number of benzene rings is 1. The third-order valence-corrected chi connectivity index (χ3v) is 4.27. The number of rotatable bonds is 4. The molecule has 1 aromatic rings. The summed E-state index contributed by atoms with van der Waals surface area (Å²) < 4.78 is 0. The molecule has 0 spiro atoms. The van der Waals surface area contributed by atoms with Gasteiger partial charge in [0, 0.05) is 30.4 Å². The molecule has 1 fully saturated rings. The van der Waals surface area contributed by atoms with Crippen molar-refractivity contribution >= 4 is 11.6 Å². The number of carbonyl (C=O) groups is 1. The number of carbonyl (C=O) groups excluding carboxylic acids is 1. The molecule has 1 saturated carbocycles. The lowest BCUT2D eigenvalue weighted by molar-refractivity contribution is 0.0252. The number of hydrogen-bond donors (Lipinski definition) is 1. The monoisotopic (exact) mass is 261 g/mol. The van der Waals surface area contributed by atoms with Crippen LogP contribution in [0, 0.1) is 0 Å². The van der Waals surface area contributed by atoms with E-state index in [1.54, 1.807) is 24.3 Å². The molecule has 4 heteroatoms. The maximum absolute atomic E-state index is 12.4. The number of anilines is 1. The van der Waals surface area contributed by atoms with Crippen molar-refractivity contribution in [1.29, 1.82) is 0 Å². The van der Waals surface area contributed by atoms with Crippen molar-refractivity contribution in [3.63, 3.8) is 0 Å². The second-order valence-corrected chi connectivity index (χ2v) is 5.76. The summed E-state index contributed by atoms with van der Waals surface area (Å²) >= 11 is 0. The van der Waals surface area contributed by atoms with Crippen molar-refractivity contribution in [2.24, 2.45) is 0 Å². The van der Waals surface area contributed by atoms with E-state index in [-0.39, 0.29) is 11.4 Å². The molecule has 1 amide bonds. The van der Waals surface area contributed by atoms with Crippen LogP contribution in [0.1, 0.15) is 29.6 Å². The standard InChI is InChI=1S/C15H23N3O/c1-17(2)15(9-4-10-15)11-18(3)14(19)12-5-7-13(16)8-6-12/h5-8H,4,9-11,16H2,1-3H3. The number of hydrogen-bond acceptors (Lipinski definition) is 3. The van der Waals surface area contributed by atoms with Crippen molar-refractivity contribution in [3.8, 4) is 0 Å². The van der Waals surface area contributed by atoms with Crippen LogP contribution < -0.4 is 5.73 Å². The zero-order valence-corrected chi connectivity index (χ0v) is 12.0. The molecule has 4 nitrogen and oxygen atoms in total. The molecular formula is C15H23N3O. The Morgan fingerprint density at radius 1 is 1.21 bits per heavy atom. The number of likely N-dealkylation sites (N-methyl/N-ethyl adjacent to an activating group) is 2. The van der Waals surface area contributed by atoms with E-state index in [2.05, 4.69) is 19.0 Å². The van der Waals surface area contributed by atoms with Gasteiger partial charge in [0.1, 0.15) is 0 Å². The lowest BCUT2D eigenvalue weighted by Gasteiger charge is -2.49.